The first-order valence-corrected chi connectivity index (χ1v) is 11.0. The molecule has 0 radical (unpaired) electrons. The zero-order valence-electron chi connectivity index (χ0n) is 18.2. The van der Waals surface area contributed by atoms with Crippen LogP contribution in [0.1, 0.15) is 44.7 Å². The van der Waals surface area contributed by atoms with Crippen molar-refractivity contribution in [3.63, 3.8) is 0 Å². The van der Waals surface area contributed by atoms with Gasteiger partial charge in [-0.25, -0.2) is 0 Å². The van der Waals surface area contributed by atoms with Gasteiger partial charge >= 0.3 is 0 Å². The van der Waals surface area contributed by atoms with Crippen LogP contribution in [0.2, 0.25) is 5.02 Å². The number of rotatable bonds is 9. The summed E-state index contributed by atoms with van der Waals surface area (Å²) in [5, 5.41) is 3.55. The van der Waals surface area contributed by atoms with Crippen LogP contribution in [-0.2, 0) is 22.6 Å². The lowest BCUT2D eigenvalue weighted by Crippen LogP contribution is -2.49. The molecule has 6 nitrogen and oxygen atoms in total. The molecule has 2 atom stereocenters. The van der Waals surface area contributed by atoms with E-state index in [1.54, 1.807) is 17.9 Å². The second-order valence-corrected chi connectivity index (χ2v) is 8.20. The Bertz CT molecular complexity index is 934. The number of nitrogens with one attached hydrogen (secondary N) is 1. The highest BCUT2D eigenvalue weighted by Crippen LogP contribution is 2.32. The Labute approximate surface area is 188 Å². The molecule has 31 heavy (non-hydrogen) atoms. The van der Waals surface area contributed by atoms with Crippen LogP contribution in [-0.4, -0.2) is 35.6 Å². The standard InChI is InChI=1S/C24H29ClN2O4/c1-4-16(2)26-24(29)17(3)27(14-19-7-5-6-8-20(19)25)23(28)12-10-18-9-11-21-22(13-18)31-15-30-21/h5-9,11,13,16-17H,4,10,12,14-15H2,1-3H3,(H,26,29)/t16-,17-/m1/s1. The number of aryl methyl sites for hydroxylation is 1. The van der Waals surface area contributed by atoms with E-state index in [0.717, 1.165) is 17.5 Å². The van der Waals surface area contributed by atoms with E-state index in [-0.39, 0.29) is 37.6 Å². The minimum Gasteiger partial charge on any atom is -0.454 e. The lowest BCUT2D eigenvalue weighted by molar-refractivity contribution is -0.140. The fourth-order valence-electron chi connectivity index (χ4n) is 3.35. The van der Waals surface area contributed by atoms with Crippen LogP contribution in [0.5, 0.6) is 11.5 Å². The highest BCUT2D eigenvalue weighted by Gasteiger charge is 2.27. The molecule has 0 bridgehead atoms. The Kier molecular flexibility index (Phi) is 7.80. The zero-order valence-corrected chi connectivity index (χ0v) is 18.9. The first kappa shape index (κ1) is 22.9. The van der Waals surface area contributed by atoms with E-state index >= 15 is 0 Å². The molecule has 0 fully saturated rings. The van der Waals surface area contributed by atoms with Gasteiger partial charge in [0.2, 0.25) is 18.6 Å². The monoisotopic (exact) mass is 444 g/mol. The molecule has 0 unspecified atom stereocenters. The van der Waals surface area contributed by atoms with E-state index in [9.17, 15) is 9.59 Å². The minimum atomic E-state index is -0.616. The molecule has 7 heteroatoms. The summed E-state index contributed by atoms with van der Waals surface area (Å²) < 4.78 is 10.8. The SMILES string of the molecule is CC[C@@H](C)NC(=O)[C@@H](C)N(Cc1ccccc1Cl)C(=O)CCc1ccc2c(c1)OCO2. The van der Waals surface area contributed by atoms with Gasteiger partial charge in [0.15, 0.2) is 11.5 Å². The summed E-state index contributed by atoms with van der Waals surface area (Å²) in [6.45, 7) is 6.20. The van der Waals surface area contributed by atoms with Crippen molar-refractivity contribution in [2.75, 3.05) is 6.79 Å². The maximum atomic E-state index is 13.2. The van der Waals surface area contributed by atoms with Crippen LogP contribution < -0.4 is 14.8 Å². The van der Waals surface area contributed by atoms with Gasteiger partial charge in [-0.15, -0.1) is 0 Å². The van der Waals surface area contributed by atoms with Crippen molar-refractivity contribution in [1.29, 1.82) is 0 Å². The number of fused-ring (bicyclic) bond motifs is 1. The molecule has 0 aromatic heterocycles. The third kappa shape index (κ3) is 5.91. The minimum absolute atomic E-state index is 0.0425. The Morgan fingerprint density at radius 2 is 1.87 bits per heavy atom. The molecule has 2 aromatic rings. The van der Waals surface area contributed by atoms with Gasteiger partial charge in [0.25, 0.3) is 0 Å². The molecule has 1 aliphatic heterocycles. The third-order valence-corrected chi connectivity index (χ3v) is 5.90. The van der Waals surface area contributed by atoms with E-state index < -0.39 is 6.04 Å². The number of halogens is 1. The van der Waals surface area contributed by atoms with Crippen molar-refractivity contribution in [3.8, 4) is 11.5 Å². The molecular weight excluding hydrogens is 416 g/mol. The second kappa shape index (κ2) is 10.5. The molecule has 166 valence electrons. The number of hydrogen-bond acceptors (Lipinski definition) is 4. The zero-order chi connectivity index (χ0) is 22.4. The topological polar surface area (TPSA) is 67.9 Å². The van der Waals surface area contributed by atoms with Crippen LogP contribution in [0.3, 0.4) is 0 Å². The number of hydrogen-bond donors (Lipinski definition) is 1. The predicted molar refractivity (Wildman–Crippen MR) is 120 cm³/mol. The molecule has 0 spiro atoms. The molecule has 1 heterocycles. The predicted octanol–water partition coefficient (Wildman–Crippen LogP) is 4.33. The summed E-state index contributed by atoms with van der Waals surface area (Å²) in [5.41, 5.74) is 1.79. The average molecular weight is 445 g/mol. The van der Waals surface area contributed by atoms with Gasteiger partial charge in [-0.3, -0.25) is 9.59 Å². The van der Waals surface area contributed by atoms with Crippen LogP contribution in [0.15, 0.2) is 42.5 Å². The first-order chi connectivity index (χ1) is 14.9. The van der Waals surface area contributed by atoms with E-state index in [1.807, 2.05) is 50.2 Å². The van der Waals surface area contributed by atoms with E-state index in [1.165, 1.54) is 0 Å². The summed E-state index contributed by atoms with van der Waals surface area (Å²) in [4.78, 5) is 27.6. The number of carbonyl (C=O) groups is 2. The number of nitrogens with zero attached hydrogens (tertiary/aromatic N) is 1. The Morgan fingerprint density at radius 3 is 2.61 bits per heavy atom. The van der Waals surface area contributed by atoms with Crippen LogP contribution in [0.25, 0.3) is 0 Å². The Morgan fingerprint density at radius 1 is 1.13 bits per heavy atom. The maximum absolute atomic E-state index is 13.2. The van der Waals surface area contributed by atoms with Crippen LogP contribution in [0, 0.1) is 0 Å². The van der Waals surface area contributed by atoms with Gasteiger partial charge in [-0.05, 0) is 56.0 Å². The number of amides is 2. The fourth-order valence-corrected chi connectivity index (χ4v) is 3.55. The Balaban J connectivity index is 1.73. The molecule has 0 saturated carbocycles. The van der Waals surface area contributed by atoms with Crippen molar-refractivity contribution in [1.82, 2.24) is 10.2 Å². The number of benzene rings is 2. The van der Waals surface area contributed by atoms with Gasteiger partial charge in [-0.1, -0.05) is 42.8 Å². The average Bonchev–Trinajstić information content (AvgIpc) is 3.24. The van der Waals surface area contributed by atoms with Crippen molar-refractivity contribution in [2.24, 2.45) is 0 Å². The van der Waals surface area contributed by atoms with Gasteiger partial charge in [0.05, 0.1) is 0 Å². The summed E-state index contributed by atoms with van der Waals surface area (Å²) in [7, 11) is 0. The van der Waals surface area contributed by atoms with Crippen molar-refractivity contribution >= 4 is 23.4 Å². The van der Waals surface area contributed by atoms with Gasteiger partial charge in [-0.2, -0.15) is 0 Å². The normalized spacial score (nSPS) is 14.1. The molecule has 1 N–H and O–H groups in total. The molecule has 2 amide bonds. The maximum Gasteiger partial charge on any atom is 0.242 e. The summed E-state index contributed by atoms with van der Waals surface area (Å²) in [5.74, 6) is 1.13. The Hall–Kier alpha value is -2.73. The summed E-state index contributed by atoms with van der Waals surface area (Å²) >= 11 is 6.33. The molecular formula is C24H29ClN2O4. The lowest BCUT2D eigenvalue weighted by atomic mass is 10.1. The number of ether oxygens (including phenoxy) is 2. The molecule has 1 aliphatic rings. The van der Waals surface area contributed by atoms with E-state index in [0.29, 0.717) is 22.9 Å². The second-order valence-electron chi connectivity index (χ2n) is 7.79. The van der Waals surface area contributed by atoms with Crippen LogP contribution >= 0.6 is 11.6 Å². The van der Waals surface area contributed by atoms with Gasteiger partial charge in [0, 0.05) is 24.0 Å². The fraction of sp³-hybridized carbons (Fsp3) is 0.417. The largest absolute Gasteiger partial charge is 0.454 e. The van der Waals surface area contributed by atoms with Crippen LogP contribution in [0.4, 0.5) is 0 Å². The summed E-state index contributed by atoms with van der Waals surface area (Å²) in [6.07, 6.45) is 1.63. The lowest BCUT2D eigenvalue weighted by Gasteiger charge is -2.30. The molecule has 3 rings (SSSR count). The molecule has 0 saturated heterocycles. The van der Waals surface area contributed by atoms with Crippen molar-refractivity contribution in [3.05, 3.63) is 58.6 Å². The number of carbonyl (C=O) groups excluding carboxylic acids is 2. The van der Waals surface area contributed by atoms with Crippen molar-refractivity contribution < 1.29 is 19.1 Å². The first-order valence-electron chi connectivity index (χ1n) is 10.6. The van der Waals surface area contributed by atoms with Gasteiger partial charge < -0.3 is 19.7 Å². The molecule has 0 aliphatic carbocycles. The highest BCUT2D eigenvalue weighted by atomic mass is 35.5. The summed E-state index contributed by atoms with van der Waals surface area (Å²) in [6, 6.07) is 12.5. The highest BCUT2D eigenvalue weighted by molar-refractivity contribution is 6.31. The van der Waals surface area contributed by atoms with E-state index in [4.69, 9.17) is 21.1 Å². The quantitative estimate of drug-likeness (QED) is 0.625. The molecule has 2 aromatic carbocycles. The van der Waals surface area contributed by atoms with E-state index in [2.05, 4.69) is 5.32 Å². The van der Waals surface area contributed by atoms with Gasteiger partial charge in [0.1, 0.15) is 6.04 Å². The smallest absolute Gasteiger partial charge is 0.242 e. The third-order valence-electron chi connectivity index (χ3n) is 5.53. The van der Waals surface area contributed by atoms with Crippen molar-refractivity contribution in [2.45, 2.75) is 58.7 Å².